The van der Waals surface area contributed by atoms with E-state index in [1.165, 1.54) is 5.57 Å². The zero-order chi connectivity index (χ0) is 11.4. The third kappa shape index (κ3) is 8990. The molecule has 0 heterocycles. The van der Waals surface area contributed by atoms with Gasteiger partial charge in [-0.15, -0.1) is 0 Å². The lowest BCUT2D eigenvalue weighted by Gasteiger charge is -1.74. The van der Waals surface area contributed by atoms with Crippen LogP contribution in [0.25, 0.3) is 0 Å². The highest BCUT2D eigenvalue weighted by atomic mass is 16.6. The lowest BCUT2D eigenvalue weighted by Crippen LogP contribution is -1.81. The van der Waals surface area contributed by atoms with Crippen molar-refractivity contribution < 1.29 is 30.0 Å². The van der Waals surface area contributed by atoms with Crippen LogP contribution in [-0.4, -0.2) is 32.7 Å². The Morgan fingerprint density at radius 1 is 0.923 bits per heavy atom. The highest BCUT2D eigenvalue weighted by Crippen LogP contribution is 1.82. The van der Waals surface area contributed by atoms with E-state index in [9.17, 15) is 0 Å². The van der Waals surface area contributed by atoms with Gasteiger partial charge in [-0.2, -0.15) is 0 Å². The Labute approximate surface area is 75.8 Å². The van der Waals surface area contributed by atoms with Gasteiger partial charge < -0.3 is 20.4 Å². The Balaban J connectivity index is -0.000000117. The summed E-state index contributed by atoms with van der Waals surface area (Å²) in [6, 6.07) is 0. The van der Waals surface area contributed by atoms with Crippen molar-refractivity contribution in [2.75, 3.05) is 0 Å². The van der Waals surface area contributed by atoms with Gasteiger partial charge >= 0.3 is 12.3 Å². The Hall–Kier alpha value is -1.72. The molecule has 0 atom stereocenters. The molecule has 0 radical (unpaired) electrons. The molecule has 0 fully saturated rings. The molecule has 0 amide bonds. The lowest BCUT2D eigenvalue weighted by molar-refractivity contribution is 0.135. The van der Waals surface area contributed by atoms with Gasteiger partial charge in [0.2, 0.25) is 0 Å². The van der Waals surface area contributed by atoms with Crippen LogP contribution in [0.5, 0.6) is 0 Å². The van der Waals surface area contributed by atoms with Crippen LogP contribution < -0.4 is 0 Å². The minimum Gasteiger partial charge on any atom is -0.450 e. The molecule has 4 N–H and O–H groups in total. The highest BCUT2D eigenvalue weighted by Gasteiger charge is 1.70. The van der Waals surface area contributed by atoms with Crippen molar-refractivity contribution in [2.45, 2.75) is 20.8 Å². The summed E-state index contributed by atoms with van der Waals surface area (Å²) in [7, 11) is 0. The van der Waals surface area contributed by atoms with Gasteiger partial charge in [-0.1, -0.05) is 11.6 Å². The first-order valence-corrected chi connectivity index (χ1v) is 3.17. The second-order valence-corrected chi connectivity index (χ2v) is 1.93. The molecular formula is C7H14O6. The smallest absolute Gasteiger partial charge is 0.450 e. The maximum absolute atomic E-state index is 8.56. The minimum absolute atomic E-state index is 1.38. The van der Waals surface area contributed by atoms with Gasteiger partial charge in [0.15, 0.2) is 0 Å². The first-order chi connectivity index (χ1) is 5.73. The van der Waals surface area contributed by atoms with Crippen LogP contribution in [0, 0.1) is 0 Å². The van der Waals surface area contributed by atoms with Crippen molar-refractivity contribution in [3.63, 3.8) is 0 Å². The molecule has 78 valence electrons. The van der Waals surface area contributed by atoms with Crippen molar-refractivity contribution in [3.05, 3.63) is 11.6 Å². The van der Waals surface area contributed by atoms with Crippen LogP contribution in [0.4, 0.5) is 9.59 Å². The molecule has 0 aromatic carbocycles. The SMILES string of the molecule is CC=C(C)C.O=C(O)O.O=C(O)O. The fourth-order valence-corrected chi connectivity index (χ4v) is 0. The molecule has 0 aromatic rings. The zero-order valence-corrected chi connectivity index (χ0v) is 7.68. The molecule has 0 saturated carbocycles. The Morgan fingerprint density at radius 2 is 1.00 bits per heavy atom. The van der Waals surface area contributed by atoms with E-state index in [-0.39, 0.29) is 0 Å². The third-order valence-electron chi connectivity index (χ3n) is 0.577. The van der Waals surface area contributed by atoms with E-state index in [1.54, 1.807) is 0 Å². The second-order valence-electron chi connectivity index (χ2n) is 1.93. The molecule has 0 aliphatic rings. The van der Waals surface area contributed by atoms with Gasteiger partial charge in [0.05, 0.1) is 0 Å². The minimum atomic E-state index is -1.83. The fourth-order valence-electron chi connectivity index (χ4n) is 0. The first kappa shape index (κ1) is 17.4. The van der Waals surface area contributed by atoms with Crippen LogP contribution in [0.3, 0.4) is 0 Å². The second kappa shape index (κ2) is 12.9. The first-order valence-electron chi connectivity index (χ1n) is 3.17. The summed E-state index contributed by atoms with van der Waals surface area (Å²) in [5, 5.41) is 27.9. The number of carbonyl (C=O) groups is 2. The molecular weight excluding hydrogens is 180 g/mol. The Bertz CT molecular complexity index is 148. The quantitative estimate of drug-likeness (QED) is 0.440. The molecule has 0 spiro atoms. The van der Waals surface area contributed by atoms with Crippen LogP contribution in [0.2, 0.25) is 0 Å². The third-order valence-corrected chi connectivity index (χ3v) is 0.577. The molecule has 6 heteroatoms. The summed E-state index contributed by atoms with van der Waals surface area (Å²) in [5.41, 5.74) is 1.38. The normalized spacial score (nSPS) is 6.38. The van der Waals surface area contributed by atoms with Crippen LogP contribution in [-0.2, 0) is 0 Å². The van der Waals surface area contributed by atoms with E-state index in [4.69, 9.17) is 30.0 Å². The van der Waals surface area contributed by atoms with Crippen LogP contribution in [0.1, 0.15) is 20.8 Å². The largest absolute Gasteiger partial charge is 0.503 e. The molecule has 0 aliphatic heterocycles. The van der Waals surface area contributed by atoms with E-state index >= 15 is 0 Å². The average molecular weight is 194 g/mol. The van der Waals surface area contributed by atoms with Crippen molar-refractivity contribution in [2.24, 2.45) is 0 Å². The molecule has 0 saturated heterocycles. The molecule has 0 unspecified atom stereocenters. The number of allylic oxidation sites excluding steroid dienone is 2. The predicted octanol–water partition coefficient (Wildman–Crippen LogP) is 2.42. The van der Waals surface area contributed by atoms with E-state index in [2.05, 4.69) is 19.9 Å². The number of hydrogen-bond acceptors (Lipinski definition) is 2. The monoisotopic (exact) mass is 194 g/mol. The predicted molar refractivity (Wildman–Crippen MR) is 46.4 cm³/mol. The summed E-state index contributed by atoms with van der Waals surface area (Å²) in [6.45, 7) is 6.20. The van der Waals surface area contributed by atoms with E-state index < -0.39 is 12.3 Å². The molecule has 0 aliphatic carbocycles. The van der Waals surface area contributed by atoms with Gasteiger partial charge in [0.25, 0.3) is 0 Å². The molecule has 0 bridgehead atoms. The molecule has 6 nitrogen and oxygen atoms in total. The topological polar surface area (TPSA) is 115 Å². The average Bonchev–Trinajstić information content (AvgIpc) is 1.84. The van der Waals surface area contributed by atoms with Gasteiger partial charge in [0.1, 0.15) is 0 Å². The van der Waals surface area contributed by atoms with Gasteiger partial charge in [-0.05, 0) is 20.8 Å². The van der Waals surface area contributed by atoms with Gasteiger partial charge in [-0.3, -0.25) is 0 Å². The fraction of sp³-hybridized carbons (Fsp3) is 0.429. The van der Waals surface area contributed by atoms with Crippen molar-refractivity contribution in [3.8, 4) is 0 Å². The van der Waals surface area contributed by atoms with Crippen LogP contribution in [0.15, 0.2) is 11.6 Å². The summed E-state index contributed by atoms with van der Waals surface area (Å²) in [6.07, 6.45) is -1.58. The number of rotatable bonds is 0. The van der Waals surface area contributed by atoms with Gasteiger partial charge in [0, 0.05) is 0 Å². The summed E-state index contributed by atoms with van der Waals surface area (Å²) in [4.78, 5) is 17.1. The molecule has 0 rings (SSSR count). The molecule has 13 heavy (non-hydrogen) atoms. The highest BCUT2D eigenvalue weighted by molar-refractivity contribution is 5.53. The van der Waals surface area contributed by atoms with Crippen molar-refractivity contribution >= 4 is 12.3 Å². The maximum Gasteiger partial charge on any atom is 0.503 e. The maximum atomic E-state index is 8.56. The summed E-state index contributed by atoms with van der Waals surface area (Å²) < 4.78 is 0. The number of hydrogen-bond donors (Lipinski definition) is 4. The zero-order valence-electron chi connectivity index (χ0n) is 7.68. The number of carboxylic acid groups (broad SMARTS) is 4. The van der Waals surface area contributed by atoms with E-state index in [0.717, 1.165) is 0 Å². The Kier molecular flexibility index (Phi) is 17.3. The van der Waals surface area contributed by atoms with Crippen LogP contribution >= 0.6 is 0 Å². The van der Waals surface area contributed by atoms with Crippen molar-refractivity contribution in [1.82, 2.24) is 0 Å². The van der Waals surface area contributed by atoms with Crippen molar-refractivity contribution in [1.29, 1.82) is 0 Å². The Morgan fingerprint density at radius 3 is 1.00 bits per heavy atom. The van der Waals surface area contributed by atoms with E-state index in [0.29, 0.717) is 0 Å². The standard InChI is InChI=1S/C5H10.2CH2O3/c1-4-5(2)3;2*2-1(3)4/h4H,1-3H3;2*(H2,2,3,4). The lowest BCUT2D eigenvalue weighted by atomic mass is 10.3. The summed E-state index contributed by atoms with van der Waals surface area (Å²) in [5.74, 6) is 0. The summed E-state index contributed by atoms with van der Waals surface area (Å²) >= 11 is 0. The van der Waals surface area contributed by atoms with E-state index in [1.807, 2.05) is 6.92 Å². The van der Waals surface area contributed by atoms with Gasteiger partial charge in [-0.25, -0.2) is 9.59 Å². The molecule has 0 aromatic heterocycles.